The fourth-order valence-corrected chi connectivity index (χ4v) is 2.41. The van der Waals surface area contributed by atoms with Crippen LogP contribution in [0.5, 0.6) is 0 Å². The van der Waals surface area contributed by atoms with Gasteiger partial charge in [0.1, 0.15) is 0 Å². The maximum Gasteiger partial charge on any atom is 0.0534 e. The van der Waals surface area contributed by atoms with Crippen LogP contribution in [0.4, 0.5) is 0 Å². The highest BCUT2D eigenvalue weighted by Gasteiger charge is 2.03. The number of fused-ring (bicyclic) bond motifs is 2. The zero-order valence-corrected chi connectivity index (χ0v) is 9.72. The molecule has 0 aliphatic rings. The Morgan fingerprint density at radius 3 is 2.94 bits per heavy atom. The van der Waals surface area contributed by atoms with Crippen LogP contribution in [0, 0.1) is 6.07 Å². The van der Waals surface area contributed by atoms with Crippen molar-refractivity contribution in [1.82, 2.24) is 9.55 Å². The van der Waals surface area contributed by atoms with Gasteiger partial charge in [0, 0.05) is 35.1 Å². The summed E-state index contributed by atoms with van der Waals surface area (Å²) in [6, 6.07) is 20.1. The van der Waals surface area contributed by atoms with Gasteiger partial charge < -0.3 is 9.55 Å². The van der Waals surface area contributed by atoms with Gasteiger partial charge in [-0.15, -0.1) is 0 Å². The monoisotopic (exact) mass is 231 g/mol. The molecule has 2 heterocycles. The molecule has 2 nitrogen and oxygen atoms in total. The third kappa shape index (κ3) is 1.29. The lowest BCUT2D eigenvalue weighted by Gasteiger charge is -2.05. The van der Waals surface area contributed by atoms with Gasteiger partial charge in [-0.1, -0.05) is 24.3 Å². The van der Waals surface area contributed by atoms with Crippen LogP contribution in [0.3, 0.4) is 0 Å². The Bertz CT molecular complexity index is 836. The van der Waals surface area contributed by atoms with Crippen molar-refractivity contribution in [3.05, 3.63) is 67.0 Å². The van der Waals surface area contributed by atoms with Crippen molar-refractivity contribution in [2.75, 3.05) is 0 Å². The summed E-state index contributed by atoms with van der Waals surface area (Å²) in [5.74, 6) is 0. The van der Waals surface area contributed by atoms with Gasteiger partial charge >= 0.3 is 0 Å². The Balaban J connectivity index is 2.00. The number of benzene rings is 2. The zero-order chi connectivity index (χ0) is 11.9. The molecule has 1 radical (unpaired) electrons. The smallest absolute Gasteiger partial charge is 0.0534 e. The molecule has 0 saturated heterocycles. The van der Waals surface area contributed by atoms with E-state index in [1.54, 1.807) is 0 Å². The van der Waals surface area contributed by atoms with E-state index in [4.69, 9.17) is 0 Å². The first-order valence-corrected chi connectivity index (χ1v) is 5.97. The molecule has 0 amide bonds. The molecule has 0 saturated carbocycles. The maximum atomic E-state index is 3.28. The van der Waals surface area contributed by atoms with Crippen LogP contribution in [0.2, 0.25) is 0 Å². The van der Waals surface area contributed by atoms with Gasteiger partial charge in [-0.25, -0.2) is 0 Å². The van der Waals surface area contributed by atoms with Crippen LogP contribution >= 0.6 is 0 Å². The molecule has 85 valence electrons. The summed E-state index contributed by atoms with van der Waals surface area (Å²) in [7, 11) is 0. The quantitative estimate of drug-likeness (QED) is 0.512. The molecule has 2 heteroatoms. The van der Waals surface area contributed by atoms with Crippen molar-refractivity contribution in [1.29, 1.82) is 0 Å². The summed E-state index contributed by atoms with van der Waals surface area (Å²) < 4.78 is 2.16. The number of H-pyrrole nitrogens is 1. The summed E-state index contributed by atoms with van der Waals surface area (Å²) in [5, 5.41) is 2.38. The Hall–Kier alpha value is -2.48. The van der Waals surface area contributed by atoms with E-state index >= 15 is 0 Å². The van der Waals surface area contributed by atoms with Gasteiger partial charge in [0.15, 0.2) is 0 Å². The van der Waals surface area contributed by atoms with Crippen molar-refractivity contribution in [3.8, 4) is 5.69 Å². The Morgan fingerprint density at radius 1 is 1.00 bits per heavy atom. The van der Waals surface area contributed by atoms with Crippen molar-refractivity contribution in [3.63, 3.8) is 0 Å². The van der Waals surface area contributed by atoms with E-state index < -0.39 is 0 Å². The van der Waals surface area contributed by atoms with E-state index in [9.17, 15) is 0 Å². The molecule has 0 unspecified atom stereocenters. The van der Waals surface area contributed by atoms with Crippen molar-refractivity contribution < 1.29 is 0 Å². The predicted octanol–water partition coefficient (Wildman–Crippen LogP) is 3.91. The average Bonchev–Trinajstić information content (AvgIpc) is 3.04. The summed E-state index contributed by atoms with van der Waals surface area (Å²) in [6.07, 6.45) is 3.96. The van der Waals surface area contributed by atoms with Crippen LogP contribution in [-0.4, -0.2) is 9.55 Å². The third-order valence-electron chi connectivity index (χ3n) is 3.33. The SMILES string of the molecule is [c]1cn(-c2ccc3cc[nH]c3c2)c2ccccc12. The molecular formula is C16H11N2. The fraction of sp³-hybridized carbons (Fsp3) is 0. The van der Waals surface area contributed by atoms with E-state index in [0.29, 0.717) is 0 Å². The van der Waals surface area contributed by atoms with Gasteiger partial charge in [0.2, 0.25) is 0 Å². The highest BCUT2D eigenvalue weighted by molar-refractivity contribution is 5.84. The molecule has 0 aliphatic heterocycles. The van der Waals surface area contributed by atoms with E-state index in [2.05, 4.69) is 58.1 Å². The lowest BCUT2D eigenvalue weighted by molar-refractivity contribution is 1.13. The maximum absolute atomic E-state index is 3.28. The molecule has 18 heavy (non-hydrogen) atoms. The number of nitrogens with one attached hydrogen (secondary N) is 1. The van der Waals surface area contributed by atoms with E-state index in [0.717, 1.165) is 16.6 Å². The standard InChI is InChI=1S/C16H11N2/c1-2-4-16-13(3-1)8-10-18(16)14-6-5-12-7-9-17-15(12)11-14/h1-7,9-11,17H. The summed E-state index contributed by atoms with van der Waals surface area (Å²) in [6.45, 7) is 0. The first kappa shape index (κ1) is 9.54. The molecule has 2 aromatic heterocycles. The topological polar surface area (TPSA) is 20.7 Å². The number of aromatic amines is 1. The molecule has 0 bridgehead atoms. The average molecular weight is 231 g/mol. The van der Waals surface area contributed by atoms with Gasteiger partial charge in [0.25, 0.3) is 0 Å². The summed E-state index contributed by atoms with van der Waals surface area (Å²) in [4.78, 5) is 3.25. The zero-order valence-electron chi connectivity index (χ0n) is 9.72. The van der Waals surface area contributed by atoms with Gasteiger partial charge in [-0.2, -0.15) is 0 Å². The second kappa shape index (κ2) is 3.50. The first-order chi connectivity index (χ1) is 8.92. The number of para-hydroxylation sites is 1. The van der Waals surface area contributed by atoms with Gasteiger partial charge in [-0.05, 0) is 29.7 Å². The first-order valence-electron chi connectivity index (χ1n) is 5.97. The Kier molecular flexibility index (Phi) is 1.86. The van der Waals surface area contributed by atoms with Crippen molar-refractivity contribution >= 4 is 21.8 Å². The minimum absolute atomic E-state index is 1.14. The molecule has 0 spiro atoms. The number of hydrogen-bond acceptors (Lipinski definition) is 0. The summed E-state index contributed by atoms with van der Waals surface area (Å²) in [5.41, 5.74) is 3.50. The lowest BCUT2D eigenvalue weighted by Crippen LogP contribution is -1.91. The number of hydrogen-bond donors (Lipinski definition) is 1. The van der Waals surface area contributed by atoms with E-state index in [1.807, 2.05) is 18.5 Å². The normalized spacial score (nSPS) is 11.3. The lowest BCUT2D eigenvalue weighted by atomic mass is 10.2. The molecule has 1 N–H and O–H groups in total. The Labute approximate surface area is 104 Å². The molecule has 4 rings (SSSR count). The number of nitrogens with zero attached hydrogens (tertiary/aromatic N) is 1. The largest absolute Gasteiger partial charge is 0.361 e. The Morgan fingerprint density at radius 2 is 1.94 bits per heavy atom. The molecule has 0 fully saturated rings. The summed E-state index contributed by atoms with van der Waals surface area (Å²) >= 11 is 0. The highest BCUT2D eigenvalue weighted by Crippen LogP contribution is 2.22. The van der Waals surface area contributed by atoms with Crippen LogP contribution in [0.15, 0.2) is 60.9 Å². The fourth-order valence-electron chi connectivity index (χ4n) is 2.41. The van der Waals surface area contributed by atoms with Gasteiger partial charge in [0.05, 0.1) is 5.52 Å². The third-order valence-corrected chi connectivity index (χ3v) is 3.33. The van der Waals surface area contributed by atoms with Crippen LogP contribution in [0.1, 0.15) is 0 Å². The molecule has 0 atom stereocenters. The molecule has 4 aromatic rings. The second-order valence-corrected chi connectivity index (χ2v) is 4.41. The van der Waals surface area contributed by atoms with E-state index in [-0.39, 0.29) is 0 Å². The van der Waals surface area contributed by atoms with E-state index in [1.165, 1.54) is 10.9 Å². The number of aromatic nitrogens is 2. The second-order valence-electron chi connectivity index (χ2n) is 4.41. The molecular weight excluding hydrogens is 220 g/mol. The molecule has 0 aliphatic carbocycles. The minimum Gasteiger partial charge on any atom is -0.361 e. The van der Waals surface area contributed by atoms with Gasteiger partial charge in [-0.3, -0.25) is 0 Å². The van der Waals surface area contributed by atoms with Crippen LogP contribution < -0.4 is 0 Å². The molecule has 2 aromatic carbocycles. The van der Waals surface area contributed by atoms with Crippen LogP contribution in [0.25, 0.3) is 27.5 Å². The van der Waals surface area contributed by atoms with Crippen LogP contribution in [-0.2, 0) is 0 Å². The number of rotatable bonds is 1. The minimum atomic E-state index is 1.14. The predicted molar refractivity (Wildman–Crippen MR) is 74.0 cm³/mol. The van der Waals surface area contributed by atoms with Crippen molar-refractivity contribution in [2.45, 2.75) is 0 Å². The highest BCUT2D eigenvalue weighted by atomic mass is 15.0. The van der Waals surface area contributed by atoms with Crippen molar-refractivity contribution in [2.24, 2.45) is 0 Å².